The molecule has 18 heavy (non-hydrogen) atoms. The van der Waals surface area contributed by atoms with E-state index in [9.17, 15) is 4.79 Å². The molecule has 100 valence electrons. The predicted octanol–water partition coefficient (Wildman–Crippen LogP) is 1.04. The van der Waals surface area contributed by atoms with Crippen LogP contribution in [0.4, 0.5) is 0 Å². The number of carbonyl (C=O) groups is 1. The van der Waals surface area contributed by atoms with Crippen molar-refractivity contribution in [2.24, 2.45) is 0 Å². The summed E-state index contributed by atoms with van der Waals surface area (Å²) >= 11 is 0. The van der Waals surface area contributed by atoms with Gasteiger partial charge in [-0.15, -0.1) is 0 Å². The van der Waals surface area contributed by atoms with Crippen molar-refractivity contribution < 1.29 is 9.90 Å². The SMILES string of the molecule is O=C(CCn1ccnc1)N(CCCO)C1CCC1. The standard InChI is InChI=1S/C13H21N3O2/c17-10-2-7-16(12-3-1-4-12)13(18)5-8-15-9-6-14-11-15/h6,9,11-12,17H,1-5,7-8,10H2. The molecule has 0 spiro atoms. The van der Waals surface area contributed by atoms with Crippen molar-refractivity contribution in [2.75, 3.05) is 13.2 Å². The third-order valence-corrected chi connectivity index (χ3v) is 3.54. The van der Waals surface area contributed by atoms with Gasteiger partial charge in [-0.1, -0.05) is 0 Å². The molecule has 0 bridgehead atoms. The van der Waals surface area contributed by atoms with E-state index in [-0.39, 0.29) is 12.5 Å². The first-order valence-corrected chi connectivity index (χ1v) is 6.67. The molecule has 5 heteroatoms. The number of aliphatic hydroxyl groups excluding tert-OH is 1. The average Bonchev–Trinajstić information content (AvgIpc) is 2.81. The van der Waals surface area contributed by atoms with Crippen LogP contribution in [0.15, 0.2) is 18.7 Å². The van der Waals surface area contributed by atoms with Crippen LogP contribution < -0.4 is 0 Å². The molecule has 1 saturated carbocycles. The van der Waals surface area contributed by atoms with Crippen LogP contribution in [0, 0.1) is 0 Å². The summed E-state index contributed by atoms with van der Waals surface area (Å²) in [6.07, 6.45) is 9.95. The Hall–Kier alpha value is -1.36. The van der Waals surface area contributed by atoms with E-state index in [2.05, 4.69) is 4.98 Å². The van der Waals surface area contributed by atoms with Gasteiger partial charge in [-0.05, 0) is 25.7 Å². The Kier molecular flexibility index (Phi) is 4.75. The van der Waals surface area contributed by atoms with Crippen LogP contribution in [0.2, 0.25) is 0 Å². The van der Waals surface area contributed by atoms with Gasteiger partial charge in [0.15, 0.2) is 0 Å². The van der Waals surface area contributed by atoms with Gasteiger partial charge in [-0.2, -0.15) is 0 Å². The topological polar surface area (TPSA) is 58.4 Å². The van der Waals surface area contributed by atoms with Gasteiger partial charge in [0.2, 0.25) is 5.91 Å². The first-order chi connectivity index (χ1) is 8.81. The van der Waals surface area contributed by atoms with Crippen LogP contribution in [0.3, 0.4) is 0 Å². The summed E-state index contributed by atoms with van der Waals surface area (Å²) in [5.74, 6) is 0.196. The zero-order valence-electron chi connectivity index (χ0n) is 10.7. The number of aryl methyl sites for hydroxylation is 1. The van der Waals surface area contributed by atoms with E-state index in [1.165, 1.54) is 6.42 Å². The summed E-state index contributed by atoms with van der Waals surface area (Å²) in [7, 11) is 0. The van der Waals surface area contributed by atoms with E-state index < -0.39 is 0 Å². The van der Waals surface area contributed by atoms with Crippen molar-refractivity contribution in [1.82, 2.24) is 14.5 Å². The summed E-state index contributed by atoms with van der Waals surface area (Å²) in [5, 5.41) is 8.90. The Morgan fingerprint density at radius 1 is 1.50 bits per heavy atom. The zero-order valence-corrected chi connectivity index (χ0v) is 10.7. The number of imidazole rings is 1. The van der Waals surface area contributed by atoms with Gasteiger partial charge < -0.3 is 14.6 Å². The number of aromatic nitrogens is 2. The van der Waals surface area contributed by atoms with Crippen molar-refractivity contribution in [3.05, 3.63) is 18.7 Å². The molecule has 1 aromatic rings. The minimum Gasteiger partial charge on any atom is -0.396 e. The Balaban J connectivity index is 1.82. The number of hydrogen-bond acceptors (Lipinski definition) is 3. The van der Waals surface area contributed by atoms with E-state index in [1.54, 1.807) is 12.5 Å². The first-order valence-electron chi connectivity index (χ1n) is 6.67. The lowest BCUT2D eigenvalue weighted by Gasteiger charge is -2.37. The van der Waals surface area contributed by atoms with Gasteiger partial charge >= 0.3 is 0 Å². The largest absolute Gasteiger partial charge is 0.396 e. The van der Waals surface area contributed by atoms with Crippen molar-refractivity contribution in [2.45, 2.75) is 44.7 Å². The van der Waals surface area contributed by atoms with Crippen molar-refractivity contribution in [3.8, 4) is 0 Å². The Labute approximate surface area is 107 Å². The van der Waals surface area contributed by atoms with Crippen LogP contribution in [0.5, 0.6) is 0 Å². The monoisotopic (exact) mass is 251 g/mol. The van der Waals surface area contributed by atoms with Crippen LogP contribution in [0.25, 0.3) is 0 Å². The summed E-state index contributed by atoms with van der Waals surface area (Å²) in [6, 6.07) is 0.409. The van der Waals surface area contributed by atoms with Gasteiger partial charge in [0.05, 0.1) is 6.33 Å². The van der Waals surface area contributed by atoms with Gasteiger partial charge in [-0.3, -0.25) is 4.79 Å². The number of aliphatic hydroxyl groups is 1. The second-order valence-electron chi connectivity index (χ2n) is 4.80. The third-order valence-electron chi connectivity index (χ3n) is 3.54. The second-order valence-corrected chi connectivity index (χ2v) is 4.80. The molecule has 1 N–H and O–H groups in total. The molecule has 0 unspecified atom stereocenters. The first kappa shape index (κ1) is 13.1. The number of rotatable bonds is 7. The molecular formula is C13H21N3O2. The molecule has 2 rings (SSSR count). The van der Waals surface area contributed by atoms with Crippen LogP contribution >= 0.6 is 0 Å². The second kappa shape index (κ2) is 6.54. The maximum Gasteiger partial charge on any atom is 0.224 e. The van der Waals surface area contributed by atoms with E-state index in [0.717, 1.165) is 12.8 Å². The molecule has 5 nitrogen and oxygen atoms in total. The fraction of sp³-hybridized carbons (Fsp3) is 0.692. The van der Waals surface area contributed by atoms with Crippen LogP contribution in [-0.2, 0) is 11.3 Å². The zero-order chi connectivity index (χ0) is 12.8. The Morgan fingerprint density at radius 2 is 2.33 bits per heavy atom. The molecule has 1 heterocycles. The van der Waals surface area contributed by atoms with E-state index in [4.69, 9.17) is 5.11 Å². The van der Waals surface area contributed by atoms with E-state index in [1.807, 2.05) is 15.7 Å². The summed E-state index contributed by atoms with van der Waals surface area (Å²) in [5.41, 5.74) is 0. The summed E-state index contributed by atoms with van der Waals surface area (Å²) in [4.78, 5) is 18.1. The van der Waals surface area contributed by atoms with Gasteiger partial charge in [0.25, 0.3) is 0 Å². The number of nitrogens with zero attached hydrogens (tertiary/aromatic N) is 3. The smallest absolute Gasteiger partial charge is 0.224 e. The number of carbonyl (C=O) groups excluding carboxylic acids is 1. The predicted molar refractivity (Wildman–Crippen MR) is 67.9 cm³/mol. The highest BCUT2D eigenvalue weighted by molar-refractivity contribution is 5.76. The van der Waals surface area contributed by atoms with Crippen molar-refractivity contribution >= 4 is 5.91 Å². The highest BCUT2D eigenvalue weighted by Crippen LogP contribution is 2.25. The highest BCUT2D eigenvalue weighted by Gasteiger charge is 2.27. The summed E-state index contributed by atoms with van der Waals surface area (Å²) in [6.45, 7) is 1.52. The van der Waals surface area contributed by atoms with Crippen molar-refractivity contribution in [3.63, 3.8) is 0 Å². The maximum absolute atomic E-state index is 12.2. The molecule has 1 fully saturated rings. The quantitative estimate of drug-likeness (QED) is 0.787. The van der Waals surface area contributed by atoms with E-state index >= 15 is 0 Å². The lowest BCUT2D eigenvalue weighted by molar-refractivity contribution is -0.135. The average molecular weight is 251 g/mol. The third kappa shape index (κ3) is 3.32. The maximum atomic E-state index is 12.2. The summed E-state index contributed by atoms with van der Waals surface area (Å²) < 4.78 is 1.92. The fourth-order valence-electron chi connectivity index (χ4n) is 2.24. The number of hydrogen-bond donors (Lipinski definition) is 1. The molecular weight excluding hydrogens is 230 g/mol. The van der Waals surface area contributed by atoms with E-state index in [0.29, 0.717) is 32.0 Å². The Morgan fingerprint density at radius 3 is 2.89 bits per heavy atom. The van der Waals surface area contributed by atoms with Crippen LogP contribution in [0.1, 0.15) is 32.1 Å². The van der Waals surface area contributed by atoms with Crippen molar-refractivity contribution in [1.29, 1.82) is 0 Å². The lowest BCUT2D eigenvalue weighted by atomic mass is 9.91. The highest BCUT2D eigenvalue weighted by atomic mass is 16.3. The molecule has 0 aliphatic heterocycles. The molecule has 0 saturated heterocycles. The van der Waals surface area contributed by atoms with Gasteiger partial charge in [0.1, 0.15) is 0 Å². The Bertz CT molecular complexity index is 360. The molecule has 1 aliphatic carbocycles. The van der Waals surface area contributed by atoms with Crippen LogP contribution in [-0.4, -0.2) is 44.7 Å². The number of amides is 1. The normalized spacial score (nSPS) is 15.4. The molecule has 0 aromatic carbocycles. The van der Waals surface area contributed by atoms with Gasteiger partial charge in [0, 0.05) is 44.6 Å². The molecule has 0 atom stereocenters. The minimum atomic E-state index is 0.151. The van der Waals surface area contributed by atoms with Gasteiger partial charge in [-0.25, -0.2) is 4.98 Å². The minimum absolute atomic E-state index is 0.151. The molecule has 1 amide bonds. The lowest BCUT2D eigenvalue weighted by Crippen LogP contribution is -2.45. The molecule has 1 aromatic heterocycles. The fourth-order valence-corrected chi connectivity index (χ4v) is 2.24. The molecule has 1 aliphatic rings. The molecule has 0 radical (unpaired) electrons.